The molecular formula is C17H28INO2. The van der Waals surface area contributed by atoms with Gasteiger partial charge in [-0.15, -0.1) is 0 Å². The van der Waals surface area contributed by atoms with E-state index in [0.717, 1.165) is 22.3 Å². The molecule has 0 bridgehead atoms. The molecule has 0 amide bonds. The van der Waals surface area contributed by atoms with E-state index < -0.39 is 6.10 Å². The zero-order valence-electron chi connectivity index (χ0n) is 13.1. The summed E-state index contributed by atoms with van der Waals surface area (Å²) < 4.78 is 6.83. The minimum Gasteiger partial charge on any atom is -0.389 e. The molecule has 0 radical (unpaired) electrons. The molecular weight excluding hydrogens is 377 g/mol. The summed E-state index contributed by atoms with van der Waals surface area (Å²) in [5.74, 6) is 0.625. The molecule has 0 aliphatic rings. The van der Waals surface area contributed by atoms with Crippen molar-refractivity contribution in [3.63, 3.8) is 0 Å². The van der Waals surface area contributed by atoms with Crippen molar-refractivity contribution in [3.05, 3.63) is 27.8 Å². The Hall–Kier alpha value is -0.330. The van der Waals surface area contributed by atoms with Gasteiger partial charge in [-0.1, -0.05) is 45.2 Å². The van der Waals surface area contributed by atoms with Gasteiger partial charge in [-0.3, -0.25) is 0 Å². The third-order valence-corrected chi connectivity index (χ3v) is 4.55. The Bertz CT molecular complexity index is 387. The van der Waals surface area contributed by atoms with Gasteiger partial charge in [0.25, 0.3) is 0 Å². The van der Waals surface area contributed by atoms with Crippen LogP contribution in [-0.4, -0.2) is 31.0 Å². The fraction of sp³-hybridized carbons (Fsp3) is 0.647. The number of benzene rings is 1. The maximum Gasteiger partial charge on any atom is 0.0945 e. The van der Waals surface area contributed by atoms with Crippen LogP contribution >= 0.6 is 22.6 Å². The van der Waals surface area contributed by atoms with Crippen LogP contribution in [0, 0.1) is 9.49 Å². The van der Waals surface area contributed by atoms with Crippen LogP contribution in [0.2, 0.25) is 0 Å². The van der Waals surface area contributed by atoms with E-state index in [1.54, 1.807) is 0 Å². The number of rotatable bonds is 11. The van der Waals surface area contributed by atoms with Gasteiger partial charge in [0.1, 0.15) is 0 Å². The molecule has 2 N–H and O–H groups in total. The molecule has 1 aromatic carbocycles. The fourth-order valence-corrected chi connectivity index (χ4v) is 2.74. The number of aliphatic hydroxyl groups is 1. The van der Waals surface area contributed by atoms with E-state index >= 15 is 0 Å². The molecule has 0 spiro atoms. The first-order valence-electron chi connectivity index (χ1n) is 7.91. The van der Waals surface area contributed by atoms with Gasteiger partial charge in [0.05, 0.1) is 12.7 Å². The fourth-order valence-electron chi connectivity index (χ4n) is 2.16. The van der Waals surface area contributed by atoms with E-state index in [1.807, 2.05) is 24.3 Å². The van der Waals surface area contributed by atoms with Crippen molar-refractivity contribution in [1.82, 2.24) is 0 Å². The predicted octanol–water partition coefficient (Wildman–Crippen LogP) is 4.30. The molecule has 0 aliphatic carbocycles. The maximum absolute atomic E-state index is 9.97. The highest BCUT2D eigenvalue weighted by Crippen LogP contribution is 2.17. The number of para-hydroxylation sites is 1. The van der Waals surface area contributed by atoms with Gasteiger partial charge in [-0.25, -0.2) is 0 Å². The monoisotopic (exact) mass is 405 g/mol. The Morgan fingerprint density at radius 3 is 2.67 bits per heavy atom. The van der Waals surface area contributed by atoms with Crippen molar-refractivity contribution in [1.29, 1.82) is 0 Å². The smallest absolute Gasteiger partial charge is 0.0945 e. The largest absolute Gasteiger partial charge is 0.389 e. The van der Waals surface area contributed by atoms with Crippen molar-refractivity contribution in [2.45, 2.75) is 45.6 Å². The summed E-state index contributed by atoms with van der Waals surface area (Å²) in [4.78, 5) is 0. The third kappa shape index (κ3) is 8.02. The lowest BCUT2D eigenvalue weighted by atomic mass is 10.0. The SMILES string of the molecule is CCCCC(CC)COCC(O)CNc1ccccc1I. The van der Waals surface area contributed by atoms with Gasteiger partial charge in [0.15, 0.2) is 0 Å². The van der Waals surface area contributed by atoms with Crippen molar-refractivity contribution in [2.75, 3.05) is 25.1 Å². The van der Waals surface area contributed by atoms with Gasteiger partial charge >= 0.3 is 0 Å². The minimum atomic E-state index is -0.468. The first-order valence-corrected chi connectivity index (χ1v) is 8.99. The van der Waals surface area contributed by atoms with Crippen molar-refractivity contribution >= 4 is 28.3 Å². The van der Waals surface area contributed by atoms with Gasteiger partial charge in [0.2, 0.25) is 0 Å². The van der Waals surface area contributed by atoms with E-state index in [9.17, 15) is 5.11 Å². The number of ether oxygens (including phenoxy) is 1. The van der Waals surface area contributed by atoms with Crippen LogP contribution in [0.15, 0.2) is 24.3 Å². The molecule has 0 saturated heterocycles. The highest BCUT2D eigenvalue weighted by molar-refractivity contribution is 14.1. The van der Waals surface area contributed by atoms with Crippen LogP contribution in [0.3, 0.4) is 0 Å². The highest BCUT2D eigenvalue weighted by atomic mass is 127. The molecule has 2 atom stereocenters. The van der Waals surface area contributed by atoms with E-state index in [1.165, 1.54) is 19.3 Å². The van der Waals surface area contributed by atoms with E-state index in [0.29, 0.717) is 19.1 Å². The summed E-state index contributed by atoms with van der Waals surface area (Å²) in [5, 5.41) is 13.2. The topological polar surface area (TPSA) is 41.5 Å². The molecule has 1 aromatic rings. The summed E-state index contributed by atoms with van der Waals surface area (Å²) in [6, 6.07) is 8.07. The van der Waals surface area contributed by atoms with Crippen molar-refractivity contribution in [2.24, 2.45) is 5.92 Å². The first kappa shape index (κ1) is 18.7. The lowest BCUT2D eigenvalue weighted by Gasteiger charge is -2.17. The van der Waals surface area contributed by atoms with Gasteiger partial charge in [0, 0.05) is 22.4 Å². The van der Waals surface area contributed by atoms with E-state index in [-0.39, 0.29) is 0 Å². The molecule has 4 heteroatoms. The lowest BCUT2D eigenvalue weighted by molar-refractivity contribution is 0.0245. The van der Waals surface area contributed by atoms with Crippen LogP contribution in [0.1, 0.15) is 39.5 Å². The van der Waals surface area contributed by atoms with Crippen LogP contribution in [0.5, 0.6) is 0 Å². The second-order valence-electron chi connectivity index (χ2n) is 5.47. The van der Waals surface area contributed by atoms with E-state index in [2.05, 4.69) is 41.8 Å². The van der Waals surface area contributed by atoms with Crippen molar-refractivity contribution < 1.29 is 9.84 Å². The Kier molecular flexibility index (Phi) is 10.0. The number of anilines is 1. The predicted molar refractivity (Wildman–Crippen MR) is 97.8 cm³/mol. The van der Waals surface area contributed by atoms with Crippen molar-refractivity contribution in [3.8, 4) is 0 Å². The zero-order valence-corrected chi connectivity index (χ0v) is 15.3. The Balaban J connectivity index is 2.19. The van der Waals surface area contributed by atoms with Gasteiger partial charge in [-0.2, -0.15) is 0 Å². The number of halogens is 1. The van der Waals surface area contributed by atoms with Gasteiger partial charge in [-0.05, 0) is 47.1 Å². The highest BCUT2D eigenvalue weighted by Gasteiger charge is 2.09. The number of aliphatic hydroxyl groups excluding tert-OH is 1. The second kappa shape index (κ2) is 11.3. The minimum absolute atomic E-state index is 0.402. The lowest BCUT2D eigenvalue weighted by Crippen LogP contribution is -2.26. The summed E-state index contributed by atoms with van der Waals surface area (Å²) in [6.07, 6.45) is 4.40. The summed E-state index contributed by atoms with van der Waals surface area (Å²) >= 11 is 2.29. The molecule has 2 unspecified atom stereocenters. The summed E-state index contributed by atoms with van der Waals surface area (Å²) in [6.45, 7) is 6.11. The van der Waals surface area contributed by atoms with Crippen LogP contribution in [0.4, 0.5) is 5.69 Å². The Morgan fingerprint density at radius 2 is 2.00 bits per heavy atom. The molecule has 0 aromatic heterocycles. The first-order chi connectivity index (χ1) is 10.2. The number of unbranched alkanes of at least 4 members (excludes halogenated alkanes) is 1. The normalized spacial score (nSPS) is 13.9. The van der Waals surface area contributed by atoms with E-state index in [4.69, 9.17) is 4.74 Å². The summed E-state index contributed by atoms with van der Waals surface area (Å²) in [7, 11) is 0. The van der Waals surface area contributed by atoms with Crippen LogP contribution in [-0.2, 0) is 4.74 Å². The molecule has 120 valence electrons. The number of hydrogen-bond donors (Lipinski definition) is 2. The molecule has 3 nitrogen and oxygen atoms in total. The molecule has 0 aliphatic heterocycles. The third-order valence-electron chi connectivity index (χ3n) is 3.61. The number of hydrogen-bond acceptors (Lipinski definition) is 3. The molecule has 1 rings (SSSR count). The molecule has 0 heterocycles. The molecule has 0 saturated carbocycles. The Labute approximate surface area is 142 Å². The standard InChI is InChI=1S/C17H28INO2/c1-3-5-8-14(4-2)12-21-13-15(20)11-19-17-10-7-6-9-16(17)18/h6-7,9-10,14-15,19-20H,3-5,8,11-13H2,1-2H3. The Morgan fingerprint density at radius 1 is 1.24 bits per heavy atom. The average Bonchev–Trinajstić information content (AvgIpc) is 2.50. The van der Waals surface area contributed by atoms with Gasteiger partial charge < -0.3 is 15.2 Å². The zero-order chi connectivity index (χ0) is 15.5. The average molecular weight is 405 g/mol. The summed E-state index contributed by atoms with van der Waals surface area (Å²) in [5.41, 5.74) is 1.06. The maximum atomic E-state index is 9.97. The molecule has 21 heavy (non-hydrogen) atoms. The number of nitrogens with one attached hydrogen (secondary N) is 1. The molecule has 0 fully saturated rings. The second-order valence-corrected chi connectivity index (χ2v) is 6.63. The quantitative estimate of drug-likeness (QED) is 0.540. The van der Waals surface area contributed by atoms with Crippen LogP contribution < -0.4 is 5.32 Å². The van der Waals surface area contributed by atoms with Crippen LogP contribution in [0.25, 0.3) is 0 Å².